The molecule has 124 valence electrons. The monoisotopic (exact) mass is 320 g/mol. The fraction of sp³-hybridized carbons (Fsp3) is 0.412. The summed E-state index contributed by atoms with van der Waals surface area (Å²) in [7, 11) is 0. The molecular formula is C17H21FN2O3. The van der Waals surface area contributed by atoms with Gasteiger partial charge in [0.2, 0.25) is 5.76 Å². The molecule has 2 rings (SSSR count). The second-order valence-corrected chi connectivity index (χ2v) is 5.41. The first-order chi connectivity index (χ1) is 11.0. The number of carbonyl (C=O) groups excluding carboxylic acids is 1. The van der Waals surface area contributed by atoms with Gasteiger partial charge in [0.05, 0.1) is 11.8 Å². The van der Waals surface area contributed by atoms with E-state index in [1.165, 1.54) is 24.3 Å². The smallest absolute Gasteiger partial charge is 0.290 e. The number of amides is 1. The van der Waals surface area contributed by atoms with Crippen molar-refractivity contribution in [2.75, 3.05) is 6.54 Å². The van der Waals surface area contributed by atoms with Gasteiger partial charge >= 0.3 is 0 Å². The van der Waals surface area contributed by atoms with Gasteiger partial charge in [-0.25, -0.2) is 4.39 Å². The van der Waals surface area contributed by atoms with Gasteiger partial charge in [-0.2, -0.15) is 0 Å². The molecule has 1 heterocycles. The summed E-state index contributed by atoms with van der Waals surface area (Å²) < 4.78 is 17.9. The van der Waals surface area contributed by atoms with Gasteiger partial charge in [0.1, 0.15) is 5.82 Å². The summed E-state index contributed by atoms with van der Waals surface area (Å²) >= 11 is 0. The summed E-state index contributed by atoms with van der Waals surface area (Å²) in [6.07, 6.45) is 0.932. The average Bonchev–Trinajstić information content (AvgIpc) is 3.04. The van der Waals surface area contributed by atoms with Gasteiger partial charge in [-0.05, 0) is 30.5 Å². The predicted molar refractivity (Wildman–Crippen MR) is 83.5 cm³/mol. The zero-order valence-corrected chi connectivity index (χ0v) is 13.3. The molecule has 1 atom stereocenters. The number of rotatable bonds is 7. The lowest BCUT2D eigenvalue weighted by atomic mass is 9.99. The highest BCUT2D eigenvalue weighted by molar-refractivity contribution is 5.91. The second-order valence-electron chi connectivity index (χ2n) is 5.41. The summed E-state index contributed by atoms with van der Waals surface area (Å²) in [6.45, 7) is 4.12. The molecule has 0 aliphatic carbocycles. The third kappa shape index (κ3) is 4.39. The maximum atomic E-state index is 12.8. The van der Waals surface area contributed by atoms with Gasteiger partial charge in [-0.3, -0.25) is 4.79 Å². The van der Waals surface area contributed by atoms with Crippen molar-refractivity contribution in [3.8, 4) is 0 Å². The van der Waals surface area contributed by atoms with Crippen LogP contribution in [0, 0.1) is 5.82 Å². The molecule has 0 radical (unpaired) electrons. The van der Waals surface area contributed by atoms with E-state index in [0.717, 1.165) is 18.5 Å². The summed E-state index contributed by atoms with van der Waals surface area (Å²) in [6, 6.07) is 7.12. The molecule has 1 unspecified atom stereocenters. The lowest BCUT2D eigenvalue weighted by Crippen LogP contribution is -2.28. The van der Waals surface area contributed by atoms with Crippen LogP contribution >= 0.6 is 0 Å². The van der Waals surface area contributed by atoms with E-state index in [-0.39, 0.29) is 24.0 Å². The first kappa shape index (κ1) is 17.1. The molecule has 0 aliphatic rings. The van der Waals surface area contributed by atoms with Crippen molar-refractivity contribution in [3.63, 3.8) is 0 Å². The van der Waals surface area contributed by atoms with E-state index in [0.29, 0.717) is 5.56 Å². The van der Waals surface area contributed by atoms with Crippen molar-refractivity contribution in [3.05, 3.63) is 53.2 Å². The number of halogens is 1. The molecule has 0 saturated carbocycles. The second kappa shape index (κ2) is 7.87. The summed E-state index contributed by atoms with van der Waals surface area (Å²) in [4.78, 5) is 12.0. The molecule has 0 fully saturated rings. The minimum Gasteiger partial charge on any atom is -0.387 e. The van der Waals surface area contributed by atoms with Crippen LogP contribution in [0.5, 0.6) is 0 Å². The first-order valence-electron chi connectivity index (χ1n) is 7.73. The van der Waals surface area contributed by atoms with Crippen LogP contribution in [0.3, 0.4) is 0 Å². The van der Waals surface area contributed by atoms with Gasteiger partial charge in [0.25, 0.3) is 5.91 Å². The molecule has 2 N–H and O–H groups in total. The lowest BCUT2D eigenvalue weighted by molar-refractivity contribution is 0.0880. The molecule has 0 saturated heterocycles. The Balaban J connectivity index is 1.93. The Hall–Kier alpha value is -2.21. The Bertz CT molecular complexity index is 636. The van der Waals surface area contributed by atoms with Crippen LogP contribution in [-0.2, 0) is 0 Å². The zero-order chi connectivity index (χ0) is 16.8. The summed E-state index contributed by atoms with van der Waals surface area (Å²) in [5, 5.41) is 16.5. The number of benzene rings is 1. The molecule has 1 aromatic carbocycles. The van der Waals surface area contributed by atoms with Crippen molar-refractivity contribution in [2.24, 2.45) is 0 Å². The third-order valence-corrected chi connectivity index (χ3v) is 3.87. The molecule has 5 nitrogen and oxygen atoms in total. The van der Waals surface area contributed by atoms with Crippen LogP contribution in [0.4, 0.5) is 4.39 Å². The Morgan fingerprint density at radius 3 is 2.57 bits per heavy atom. The zero-order valence-electron chi connectivity index (χ0n) is 13.3. The summed E-state index contributed by atoms with van der Waals surface area (Å²) in [5.74, 6) is -0.417. The fourth-order valence-electron chi connectivity index (χ4n) is 2.37. The third-order valence-electron chi connectivity index (χ3n) is 3.87. The standard InChI is InChI=1S/C17H21FN2O3/c1-3-11(4-2)14-9-16(23-20-14)17(22)19-10-15(21)12-5-7-13(18)8-6-12/h5-9,11,15,21H,3-4,10H2,1-2H3,(H,19,22). The van der Waals surface area contributed by atoms with Crippen molar-refractivity contribution in [1.82, 2.24) is 10.5 Å². The number of aliphatic hydroxyl groups excluding tert-OH is 1. The lowest BCUT2D eigenvalue weighted by Gasteiger charge is -2.11. The first-order valence-corrected chi connectivity index (χ1v) is 7.73. The van der Waals surface area contributed by atoms with Gasteiger partial charge in [0.15, 0.2) is 0 Å². The van der Waals surface area contributed by atoms with Crippen LogP contribution in [0.2, 0.25) is 0 Å². The molecular weight excluding hydrogens is 299 g/mol. The largest absolute Gasteiger partial charge is 0.387 e. The Kier molecular flexibility index (Phi) is 5.87. The highest BCUT2D eigenvalue weighted by atomic mass is 19.1. The van der Waals surface area contributed by atoms with E-state index in [2.05, 4.69) is 24.3 Å². The van der Waals surface area contributed by atoms with Crippen molar-refractivity contribution in [1.29, 1.82) is 0 Å². The van der Waals surface area contributed by atoms with Gasteiger partial charge in [0, 0.05) is 18.5 Å². The van der Waals surface area contributed by atoms with Crippen molar-refractivity contribution < 1.29 is 18.8 Å². The number of nitrogens with one attached hydrogen (secondary N) is 1. The SMILES string of the molecule is CCC(CC)c1cc(C(=O)NCC(O)c2ccc(F)cc2)on1. The number of carbonyl (C=O) groups is 1. The van der Waals surface area contributed by atoms with E-state index in [1.807, 2.05) is 0 Å². The number of aromatic nitrogens is 1. The van der Waals surface area contributed by atoms with Crippen LogP contribution in [0.15, 0.2) is 34.9 Å². The van der Waals surface area contributed by atoms with Gasteiger partial charge < -0.3 is 14.9 Å². The number of hydrogen-bond acceptors (Lipinski definition) is 4. The molecule has 0 spiro atoms. The van der Waals surface area contributed by atoms with Crippen LogP contribution in [0.25, 0.3) is 0 Å². The summed E-state index contributed by atoms with van der Waals surface area (Å²) in [5.41, 5.74) is 1.29. The van der Waals surface area contributed by atoms with E-state index < -0.39 is 12.0 Å². The minimum absolute atomic E-state index is 0.00544. The maximum absolute atomic E-state index is 12.8. The minimum atomic E-state index is -0.916. The van der Waals surface area contributed by atoms with E-state index >= 15 is 0 Å². The molecule has 1 aromatic heterocycles. The van der Waals surface area contributed by atoms with Crippen molar-refractivity contribution >= 4 is 5.91 Å². The molecule has 0 bridgehead atoms. The molecule has 6 heteroatoms. The highest BCUT2D eigenvalue weighted by Crippen LogP contribution is 2.22. The molecule has 2 aromatic rings. The van der Waals surface area contributed by atoms with Crippen LogP contribution in [0.1, 0.15) is 60.5 Å². The average molecular weight is 320 g/mol. The quantitative estimate of drug-likeness (QED) is 0.821. The molecule has 23 heavy (non-hydrogen) atoms. The molecule has 1 amide bonds. The number of hydrogen-bond donors (Lipinski definition) is 2. The fourth-order valence-corrected chi connectivity index (χ4v) is 2.37. The Labute approximate surface area is 134 Å². The van der Waals surface area contributed by atoms with E-state index in [9.17, 15) is 14.3 Å². The number of nitrogens with zero attached hydrogens (tertiary/aromatic N) is 1. The maximum Gasteiger partial charge on any atom is 0.290 e. The number of aliphatic hydroxyl groups is 1. The van der Waals surface area contributed by atoms with Gasteiger partial charge in [-0.1, -0.05) is 31.1 Å². The van der Waals surface area contributed by atoms with Crippen LogP contribution < -0.4 is 5.32 Å². The highest BCUT2D eigenvalue weighted by Gasteiger charge is 2.18. The van der Waals surface area contributed by atoms with E-state index in [1.54, 1.807) is 6.07 Å². The predicted octanol–water partition coefficient (Wildman–Crippen LogP) is 3.18. The van der Waals surface area contributed by atoms with Gasteiger partial charge in [-0.15, -0.1) is 0 Å². The normalized spacial score (nSPS) is 12.4. The molecule has 0 aliphatic heterocycles. The Morgan fingerprint density at radius 2 is 1.96 bits per heavy atom. The Morgan fingerprint density at radius 1 is 1.30 bits per heavy atom. The van der Waals surface area contributed by atoms with Crippen molar-refractivity contribution in [2.45, 2.75) is 38.7 Å². The van der Waals surface area contributed by atoms with E-state index in [4.69, 9.17) is 4.52 Å². The topological polar surface area (TPSA) is 75.4 Å². The van der Waals surface area contributed by atoms with Crippen LogP contribution in [-0.4, -0.2) is 22.7 Å².